The number of oxime groups is 1. The predicted molar refractivity (Wildman–Crippen MR) is 104 cm³/mol. The quantitative estimate of drug-likeness (QED) is 0.435. The number of hydrogen-bond acceptors (Lipinski definition) is 7. The second-order valence-corrected chi connectivity index (χ2v) is 8.21. The van der Waals surface area contributed by atoms with E-state index in [0.29, 0.717) is 12.2 Å². The molecular weight excluding hydrogens is 380 g/mol. The molecule has 0 unspecified atom stereocenters. The van der Waals surface area contributed by atoms with Crippen LogP contribution < -0.4 is 16.6 Å². The van der Waals surface area contributed by atoms with Gasteiger partial charge in [0.2, 0.25) is 5.88 Å². The van der Waals surface area contributed by atoms with Crippen molar-refractivity contribution in [3.63, 3.8) is 0 Å². The number of nitrogens with zero attached hydrogens (tertiary/aromatic N) is 4. The number of aromatic hydroxyl groups is 1. The summed E-state index contributed by atoms with van der Waals surface area (Å²) < 4.78 is 2.51. The number of hydrogen-bond donors (Lipinski definition) is 3. The number of rotatable bonds is 7. The molecule has 2 amide bonds. The van der Waals surface area contributed by atoms with E-state index in [4.69, 9.17) is 10.6 Å². The van der Waals surface area contributed by atoms with Crippen molar-refractivity contribution in [2.45, 2.75) is 46.2 Å². The van der Waals surface area contributed by atoms with Gasteiger partial charge in [0.05, 0.1) is 6.21 Å². The van der Waals surface area contributed by atoms with Gasteiger partial charge in [-0.05, 0) is 18.3 Å². The first-order valence-electron chi connectivity index (χ1n) is 9.17. The van der Waals surface area contributed by atoms with Crippen LogP contribution >= 0.6 is 0 Å². The SMILES string of the molecule is CC(C)(C)Cn1c(=O)c(C(=O)NC2CC2)c(O)n2nc(/C=N/OCC(N)=O)cc12. The van der Waals surface area contributed by atoms with Gasteiger partial charge in [0.15, 0.2) is 12.2 Å². The Morgan fingerprint density at radius 2 is 2.14 bits per heavy atom. The molecule has 1 saturated carbocycles. The summed E-state index contributed by atoms with van der Waals surface area (Å²) in [7, 11) is 0. The molecule has 2 aromatic rings. The highest BCUT2D eigenvalue weighted by molar-refractivity contribution is 5.96. The van der Waals surface area contributed by atoms with E-state index >= 15 is 0 Å². The van der Waals surface area contributed by atoms with Crippen molar-refractivity contribution >= 4 is 23.7 Å². The summed E-state index contributed by atoms with van der Waals surface area (Å²) >= 11 is 0. The van der Waals surface area contributed by atoms with Crippen LogP contribution in [-0.4, -0.2) is 50.0 Å². The van der Waals surface area contributed by atoms with Crippen molar-refractivity contribution in [2.24, 2.45) is 16.3 Å². The Balaban J connectivity index is 2.08. The third kappa shape index (κ3) is 4.73. The van der Waals surface area contributed by atoms with E-state index in [2.05, 4.69) is 15.6 Å². The minimum atomic E-state index is -0.680. The molecule has 4 N–H and O–H groups in total. The van der Waals surface area contributed by atoms with Crippen LogP contribution in [0.5, 0.6) is 5.88 Å². The van der Waals surface area contributed by atoms with Crippen LogP contribution in [0.2, 0.25) is 0 Å². The van der Waals surface area contributed by atoms with Crippen molar-refractivity contribution in [1.82, 2.24) is 19.5 Å². The Kier molecular flexibility index (Phi) is 5.31. The summed E-state index contributed by atoms with van der Waals surface area (Å²) in [4.78, 5) is 41.0. The summed E-state index contributed by atoms with van der Waals surface area (Å²) in [6.07, 6.45) is 2.91. The van der Waals surface area contributed by atoms with Crippen molar-refractivity contribution in [2.75, 3.05) is 6.61 Å². The van der Waals surface area contributed by atoms with Crippen molar-refractivity contribution < 1.29 is 19.5 Å². The Morgan fingerprint density at radius 3 is 2.72 bits per heavy atom. The zero-order valence-corrected chi connectivity index (χ0v) is 16.5. The number of fused-ring (bicyclic) bond motifs is 1. The molecule has 11 nitrogen and oxygen atoms in total. The molecule has 3 rings (SSSR count). The maximum Gasteiger partial charge on any atom is 0.270 e. The van der Waals surface area contributed by atoms with Crippen LogP contribution in [0.25, 0.3) is 5.65 Å². The summed E-state index contributed by atoms with van der Waals surface area (Å²) in [5.41, 5.74) is 4.28. The van der Waals surface area contributed by atoms with E-state index in [0.717, 1.165) is 17.4 Å². The normalized spacial score (nSPS) is 14.4. The van der Waals surface area contributed by atoms with Gasteiger partial charge in [0.1, 0.15) is 11.3 Å². The molecule has 11 heteroatoms. The van der Waals surface area contributed by atoms with Crippen LogP contribution in [0.3, 0.4) is 0 Å². The van der Waals surface area contributed by atoms with Crippen molar-refractivity contribution in [3.05, 3.63) is 27.7 Å². The summed E-state index contributed by atoms with van der Waals surface area (Å²) in [5.74, 6) is -1.86. The Bertz CT molecular complexity index is 1040. The molecule has 0 bridgehead atoms. The molecule has 0 radical (unpaired) electrons. The van der Waals surface area contributed by atoms with Crippen LogP contribution in [0.1, 0.15) is 49.7 Å². The van der Waals surface area contributed by atoms with E-state index in [-0.39, 0.29) is 22.7 Å². The van der Waals surface area contributed by atoms with Gasteiger partial charge in [-0.3, -0.25) is 19.0 Å². The number of aromatic nitrogens is 3. The van der Waals surface area contributed by atoms with Gasteiger partial charge < -0.3 is 21.0 Å². The van der Waals surface area contributed by atoms with Gasteiger partial charge in [0.25, 0.3) is 17.4 Å². The zero-order chi connectivity index (χ0) is 21.3. The number of amides is 2. The number of carbonyl (C=O) groups excluding carboxylic acids is 2. The molecule has 0 saturated heterocycles. The molecule has 0 spiro atoms. The van der Waals surface area contributed by atoms with Gasteiger partial charge in [-0.1, -0.05) is 25.9 Å². The van der Waals surface area contributed by atoms with Crippen LogP contribution in [0, 0.1) is 5.41 Å². The van der Waals surface area contributed by atoms with E-state index in [1.807, 2.05) is 20.8 Å². The lowest BCUT2D eigenvalue weighted by Crippen LogP contribution is -2.37. The molecule has 1 aliphatic carbocycles. The molecule has 1 fully saturated rings. The number of nitrogens with one attached hydrogen (secondary N) is 1. The third-order valence-corrected chi connectivity index (χ3v) is 4.11. The highest BCUT2D eigenvalue weighted by Crippen LogP contribution is 2.23. The fourth-order valence-electron chi connectivity index (χ4n) is 2.74. The van der Waals surface area contributed by atoms with Gasteiger partial charge >= 0.3 is 0 Å². The minimum absolute atomic E-state index is 0.0239. The average Bonchev–Trinajstić information content (AvgIpc) is 3.30. The van der Waals surface area contributed by atoms with Crippen molar-refractivity contribution in [3.8, 4) is 5.88 Å². The van der Waals surface area contributed by atoms with Gasteiger partial charge in [0, 0.05) is 18.7 Å². The summed E-state index contributed by atoms with van der Waals surface area (Å²) in [5, 5.41) is 21.1. The lowest BCUT2D eigenvalue weighted by molar-refractivity contribution is -0.122. The number of primary amides is 1. The number of carbonyl (C=O) groups is 2. The topological polar surface area (TPSA) is 153 Å². The van der Waals surface area contributed by atoms with Crippen LogP contribution in [-0.2, 0) is 16.2 Å². The van der Waals surface area contributed by atoms with Crippen LogP contribution in [0.15, 0.2) is 16.0 Å². The Hall–Kier alpha value is -3.37. The smallest absolute Gasteiger partial charge is 0.270 e. The molecular formula is C18H24N6O5. The first-order chi connectivity index (χ1) is 13.6. The van der Waals surface area contributed by atoms with Crippen molar-refractivity contribution in [1.29, 1.82) is 0 Å². The number of nitrogens with two attached hydrogens (primary N) is 1. The Labute approximate surface area is 166 Å². The fraction of sp³-hybridized carbons (Fsp3) is 0.500. The molecule has 2 aromatic heterocycles. The average molecular weight is 404 g/mol. The standard InChI is InChI=1S/C18H24N6O5/c1-18(2,3)9-23-13-6-11(7-20-29-8-12(19)25)22-24(13)17(28)14(16(23)27)15(26)21-10-4-5-10/h6-7,10,28H,4-5,8-9H2,1-3H3,(H2,19,25)(H,21,26)/b20-7+. The van der Waals surface area contributed by atoms with E-state index in [1.54, 1.807) is 0 Å². The maximum atomic E-state index is 13.1. The monoisotopic (exact) mass is 404 g/mol. The third-order valence-electron chi connectivity index (χ3n) is 4.11. The van der Waals surface area contributed by atoms with Gasteiger partial charge in [-0.2, -0.15) is 9.61 Å². The van der Waals surface area contributed by atoms with E-state index < -0.39 is 29.9 Å². The molecule has 29 heavy (non-hydrogen) atoms. The molecule has 0 atom stereocenters. The first-order valence-corrected chi connectivity index (χ1v) is 9.17. The molecule has 2 heterocycles. The second kappa shape index (κ2) is 7.57. The van der Waals surface area contributed by atoms with E-state index in [9.17, 15) is 19.5 Å². The van der Waals surface area contributed by atoms with Gasteiger partial charge in [-0.25, -0.2) is 0 Å². The minimum Gasteiger partial charge on any atom is -0.492 e. The lowest BCUT2D eigenvalue weighted by atomic mass is 9.97. The second-order valence-electron chi connectivity index (χ2n) is 8.21. The summed E-state index contributed by atoms with van der Waals surface area (Å²) in [6, 6.07) is 1.54. The van der Waals surface area contributed by atoms with Crippen LogP contribution in [0.4, 0.5) is 0 Å². The highest BCUT2D eigenvalue weighted by Gasteiger charge is 2.30. The first kappa shape index (κ1) is 20.4. The zero-order valence-electron chi connectivity index (χ0n) is 16.5. The largest absolute Gasteiger partial charge is 0.492 e. The maximum absolute atomic E-state index is 13.1. The highest BCUT2D eigenvalue weighted by atomic mass is 16.6. The molecule has 0 aliphatic heterocycles. The Morgan fingerprint density at radius 1 is 1.45 bits per heavy atom. The molecule has 1 aliphatic rings. The van der Waals surface area contributed by atoms with Gasteiger partial charge in [-0.15, -0.1) is 0 Å². The molecule has 156 valence electrons. The fourth-order valence-corrected chi connectivity index (χ4v) is 2.74. The lowest BCUT2D eigenvalue weighted by Gasteiger charge is -2.21. The molecule has 0 aromatic carbocycles. The predicted octanol–water partition coefficient (Wildman–Crippen LogP) is -0.0243. The van der Waals surface area contributed by atoms with E-state index in [1.165, 1.54) is 16.8 Å². The summed E-state index contributed by atoms with van der Waals surface area (Å²) in [6.45, 7) is 5.74.